The maximum atomic E-state index is 12.0. The zero-order valence-corrected chi connectivity index (χ0v) is 13.3. The van der Waals surface area contributed by atoms with Crippen molar-refractivity contribution in [2.45, 2.75) is 13.5 Å². The number of nitrogens with one attached hydrogen (secondary N) is 1. The molecule has 0 radical (unpaired) electrons. The topological polar surface area (TPSA) is 120 Å². The van der Waals surface area contributed by atoms with E-state index in [1.807, 2.05) is 0 Å². The number of anilines is 1. The van der Waals surface area contributed by atoms with Crippen LogP contribution in [-0.4, -0.2) is 35.7 Å². The van der Waals surface area contributed by atoms with E-state index in [1.165, 1.54) is 30.3 Å². The molecule has 23 heavy (non-hydrogen) atoms. The van der Waals surface area contributed by atoms with Crippen molar-refractivity contribution in [2.24, 2.45) is 0 Å². The predicted octanol–water partition coefficient (Wildman–Crippen LogP) is 0.743. The van der Waals surface area contributed by atoms with Crippen LogP contribution >= 0.6 is 0 Å². The predicted molar refractivity (Wildman–Crippen MR) is 84.0 cm³/mol. The molecule has 1 aromatic carbocycles. The van der Waals surface area contributed by atoms with Crippen molar-refractivity contribution in [1.82, 2.24) is 9.97 Å². The van der Waals surface area contributed by atoms with Crippen molar-refractivity contribution in [3.63, 3.8) is 0 Å². The lowest BCUT2D eigenvalue weighted by molar-refractivity contribution is 0.0697. The second-order valence-electron chi connectivity index (χ2n) is 4.96. The van der Waals surface area contributed by atoms with Crippen molar-refractivity contribution in [3.8, 4) is 0 Å². The van der Waals surface area contributed by atoms with Crippen molar-refractivity contribution >= 4 is 21.7 Å². The largest absolute Gasteiger partial charge is 0.478 e. The number of nitrogens with zero attached hydrogens (tertiary/aromatic N) is 2. The Balaban J connectivity index is 2.42. The summed E-state index contributed by atoms with van der Waals surface area (Å²) in [5, 5.41) is 8.89. The average Bonchev–Trinajstić information content (AvgIpc) is 2.42. The molecule has 2 N–H and O–H groups in total. The van der Waals surface area contributed by atoms with Gasteiger partial charge in [0, 0.05) is 11.8 Å². The molecule has 0 bridgehead atoms. The third-order valence-electron chi connectivity index (χ3n) is 3.01. The highest BCUT2D eigenvalue weighted by atomic mass is 32.2. The van der Waals surface area contributed by atoms with Crippen LogP contribution in [0.4, 0.5) is 5.69 Å². The molecule has 0 amide bonds. The van der Waals surface area contributed by atoms with E-state index >= 15 is 0 Å². The summed E-state index contributed by atoms with van der Waals surface area (Å²) in [4.78, 5) is 28.9. The molecule has 2 aromatic rings. The van der Waals surface area contributed by atoms with Gasteiger partial charge in [-0.3, -0.25) is 9.10 Å². The SMILES string of the molecule is Cc1cc(=O)[nH]c(CN(c2ccc(C(=O)O)cc2)S(C)(=O)=O)n1. The molecule has 0 aliphatic carbocycles. The Kier molecular flexibility index (Phi) is 4.50. The second-order valence-corrected chi connectivity index (χ2v) is 6.86. The van der Waals surface area contributed by atoms with Gasteiger partial charge in [0.25, 0.3) is 5.56 Å². The number of aromatic nitrogens is 2. The molecule has 0 aliphatic rings. The summed E-state index contributed by atoms with van der Waals surface area (Å²) in [6.45, 7) is 1.47. The summed E-state index contributed by atoms with van der Waals surface area (Å²) in [7, 11) is -3.65. The molecule has 1 heterocycles. The first-order valence-corrected chi connectivity index (χ1v) is 8.39. The molecule has 8 nitrogen and oxygen atoms in total. The average molecular weight is 337 g/mol. The van der Waals surface area contributed by atoms with E-state index in [4.69, 9.17) is 5.11 Å². The van der Waals surface area contributed by atoms with Gasteiger partial charge in [-0.1, -0.05) is 0 Å². The Morgan fingerprint density at radius 3 is 2.39 bits per heavy atom. The highest BCUT2D eigenvalue weighted by molar-refractivity contribution is 7.92. The number of H-pyrrole nitrogens is 1. The quantitative estimate of drug-likeness (QED) is 0.830. The number of hydrogen-bond donors (Lipinski definition) is 2. The number of benzene rings is 1. The van der Waals surface area contributed by atoms with E-state index in [9.17, 15) is 18.0 Å². The van der Waals surface area contributed by atoms with Gasteiger partial charge in [0.1, 0.15) is 5.82 Å². The van der Waals surface area contributed by atoms with Gasteiger partial charge >= 0.3 is 5.97 Å². The van der Waals surface area contributed by atoms with Crippen LogP contribution in [0.1, 0.15) is 21.9 Å². The number of rotatable bonds is 5. The van der Waals surface area contributed by atoms with Gasteiger partial charge in [-0.2, -0.15) is 0 Å². The lowest BCUT2D eigenvalue weighted by Crippen LogP contribution is -2.31. The number of sulfonamides is 1. The highest BCUT2D eigenvalue weighted by Crippen LogP contribution is 2.20. The van der Waals surface area contributed by atoms with Gasteiger partial charge in [0.15, 0.2) is 0 Å². The Bertz CT molecular complexity index is 887. The molecule has 0 saturated heterocycles. The number of carboxylic acids is 1. The number of aryl methyl sites for hydroxylation is 1. The first-order valence-electron chi connectivity index (χ1n) is 6.55. The van der Waals surface area contributed by atoms with Crippen molar-refractivity contribution in [1.29, 1.82) is 0 Å². The summed E-state index contributed by atoms with van der Waals surface area (Å²) in [5.74, 6) is -0.908. The zero-order chi connectivity index (χ0) is 17.2. The number of hydrogen-bond acceptors (Lipinski definition) is 5. The lowest BCUT2D eigenvalue weighted by atomic mass is 10.2. The number of aromatic carboxylic acids is 1. The normalized spacial score (nSPS) is 11.2. The molecule has 2 rings (SSSR count). The molecule has 0 saturated carbocycles. The van der Waals surface area contributed by atoms with E-state index in [2.05, 4.69) is 9.97 Å². The molecule has 0 atom stereocenters. The van der Waals surface area contributed by atoms with E-state index in [-0.39, 0.29) is 29.2 Å². The molecule has 0 spiro atoms. The number of carboxylic acid groups (broad SMARTS) is 1. The molecule has 122 valence electrons. The molecule has 0 unspecified atom stereocenters. The van der Waals surface area contributed by atoms with Crippen molar-refractivity contribution in [2.75, 3.05) is 10.6 Å². The molecule has 0 fully saturated rings. The van der Waals surface area contributed by atoms with E-state index in [0.717, 1.165) is 10.6 Å². The van der Waals surface area contributed by atoms with Crippen LogP contribution in [0, 0.1) is 6.92 Å². The molecular formula is C14H15N3O5S. The minimum Gasteiger partial charge on any atom is -0.478 e. The number of aromatic amines is 1. The molecular weight excluding hydrogens is 322 g/mol. The minimum atomic E-state index is -3.65. The van der Waals surface area contributed by atoms with Gasteiger partial charge in [-0.25, -0.2) is 18.2 Å². The molecule has 9 heteroatoms. The Hall–Kier alpha value is -2.68. The van der Waals surface area contributed by atoms with E-state index in [0.29, 0.717) is 5.69 Å². The van der Waals surface area contributed by atoms with Crippen LogP contribution in [-0.2, 0) is 16.6 Å². The summed E-state index contributed by atoms with van der Waals surface area (Å²) in [6.07, 6.45) is 1.02. The summed E-state index contributed by atoms with van der Waals surface area (Å²) < 4.78 is 25.1. The van der Waals surface area contributed by atoms with Crippen LogP contribution in [0.25, 0.3) is 0 Å². The first-order chi connectivity index (χ1) is 10.7. The summed E-state index contributed by atoms with van der Waals surface area (Å²) in [6, 6.07) is 6.69. The van der Waals surface area contributed by atoms with Crippen LogP contribution in [0.5, 0.6) is 0 Å². The smallest absolute Gasteiger partial charge is 0.335 e. The third kappa shape index (κ3) is 4.16. The van der Waals surface area contributed by atoms with Crippen molar-refractivity contribution in [3.05, 3.63) is 57.8 Å². The first kappa shape index (κ1) is 16.7. The van der Waals surface area contributed by atoms with Gasteiger partial charge in [0.2, 0.25) is 10.0 Å². The fraction of sp³-hybridized carbons (Fsp3) is 0.214. The lowest BCUT2D eigenvalue weighted by Gasteiger charge is -2.22. The summed E-state index contributed by atoms with van der Waals surface area (Å²) >= 11 is 0. The Labute approximate surface area is 132 Å². The highest BCUT2D eigenvalue weighted by Gasteiger charge is 2.19. The maximum absolute atomic E-state index is 12.0. The van der Waals surface area contributed by atoms with Gasteiger partial charge in [0.05, 0.1) is 24.1 Å². The van der Waals surface area contributed by atoms with E-state index < -0.39 is 16.0 Å². The molecule has 1 aromatic heterocycles. The number of carbonyl (C=O) groups is 1. The zero-order valence-electron chi connectivity index (χ0n) is 12.5. The second kappa shape index (κ2) is 6.21. The monoisotopic (exact) mass is 337 g/mol. The van der Waals surface area contributed by atoms with Gasteiger partial charge < -0.3 is 10.1 Å². The van der Waals surface area contributed by atoms with Gasteiger partial charge in [-0.05, 0) is 31.2 Å². The summed E-state index contributed by atoms with van der Waals surface area (Å²) in [5.41, 5.74) is 0.423. The van der Waals surface area contributed by atoms with Crippen molar-refractivity contribution < 1.29 is 18.3 Å². The Morgan fingerprint density at radius 2 is 1.91 bits per heavy atom. The minimum absolute atomic E-state index is 0.0456. The fourth-order valence-corrected chi connectivity index (χ4v) is 2.88. The van der Waals surface area contributed by atoms with Crippen LogP contribution in [0.2, 0.25) is 0 Å². The van der Waals surface area contributed by atoms with Crippen LogP contribution < -0.4 is 9.86 Å². The van der Waals surface area contributed by atoms with Gasteiger partial charge in [-0.15, -0.1) is 0 Å². The molecule has 0 aliphatic heterocycles. The maximum Gasteiger partial charge on any atom is 0.335 e. The Morgan fingerprint density at radius 1 is 1.30 bits per heavy atom. The fourth-order valence-electron chi connectivity index (χ4n) is 2.02. The third-order valence-corrected chi connectivity index (χ3v) is 4.16. The standard InChI is InChI=1S/C14H15N3O5S/c1-9-7-13(18)16-12(15-9)8-17(23(2,21)22)11-5-3-10(4-6-11)14(19)20/h3-7H,8H2,1-2H3,(H,19,20)(H,15,16,18). The van der Waals surface area contributed by atoms with Crippen LogP contribution in [0.3, 0.4) is 0 Å². The van der Waals surface area contributed by atoms with E-state index in [1.54, 1.807) is 6.92 Å². The van der Waals surface area contributed by atoms with Crippen LogP contribution in [0.15, 0.2) is 35.1 Å².